The van der Waals surface area contributed by atoms with Crippen LogP contribution in [-0.4, -0.2) is 51.3 Å². The minimum atomic E-state index is -3.62. The quantitative estimate of drug-likeness (QED) is 0.597. The fourth-order valence-electron chi connectivity index (χ4n) is 3.52. The molecular weight excluding hydrogens is 390 g/mol. The zero-order valence-corrected chi connectivity index (χ0v) is 18.5. The number of benzene rings is 1. The van der Waals surface area contributed by atoms with Crippen LogP contribution in [0.2, 0.25) is 0 Å². The summed E-state index contributed by atoms with van der Waals surface area (Å²) < 4.78 is 27.0. The molecule has 0 spiro atoms. The standard InChI is InChI=1S/C21H33N3O4S/c1-4-6-7-12-22-20(25)17-10-13-24(14-11-17)21(26)19-15-18(9-8-16(19)3)29(27,28)23-5-2/h8-9,15,17,23H,4-7,10-14H2,1-3H3,(H,22,25). The first-order valence-corrected chi connectivity index (χ1v) is 12.0. The first kappa shape index (κ1) is 23.3. The summed E-state index contributed by atoms with van der Waals surface area (Å²) in [5.74, 6) is -0.178. The molecular formula is C21H33N3O4S. The summed E-state index contributed by atoms with van der Waals surface area (Å²) in [6.07, 6.45) is 4.46. The molecule has 1 aromatic carbocycles. The van der Waals surface area contributed by atoms with Gasteiger partial charge in [-0.25, -0.2) is 13.1 Å². The molecule has 1 saturated heterocycles. The second-order valence-electron chi connectivity index (χ2n) is 7.54. The minimum Gasteiger partial charge on any atom is -0.356 e. The highest BCUT2D eigenvalue weighted by atomic mass is 32.2. The van der Waals surface area contributed by atoms with E-state index in [0.717, 1.165) is 24.8 Å². The molecule has 0 saturated carbocycles. The zero-order chi connectivity index (χ0) is 21.4. The number of hydrogen-bond donors (Lipinski definition) is 2. The van der Waals surface area contributed by atoms with Crippen LogP contribution in [-0.2, 0) is 14.8 Å². The number of unbranched alkanes of at least 4 members (excludes halogenated alkanes) is 2. The number of piperidine rings is 1. The van der Waals surface area contributed by atoms with Crippen molar-refractivity contribution in [3.8, 4) is 0 Å². The van der Waals surface area contributed by atoms with Gasteiger partial charge in [0.25, 0.3) is 5.91 Å². The second kappa shape index (κ2) is 10.7. The smallest absolute Gasteiger partial charge is 0.254 e. The van der Waals surface area contributed by atoms with E-state index in [0.29, 0.717) is 38.0 Å². The van der Waals surface area contributed by atoms with Gasteiger partial charge < -0.3 is 10.2 Å². The molecule has 2 amide bonds. The SMILES string of the molecule is CCCCCNC(=O)C1CCN(C(=O)c2cc(S(=O)(=O)NCC)ccc2C)CC1. The summed E-state index contributed by atoms with van der Waals surface area (Å²) in [4.78, 5) is 27.1. The van der Waals surface area contributed by atoms with Crippen molar-refractivity contribution in [2.75, 3.05) is 26.2 Å². The lowest BCUT2D eigenvalue weighted by Gasteiger charge is -2.32. The van der Waals surface area contributed by atoms with E-state index in [1.54, 1.807) is 24.8 Å². The zero-order valence-electron chi connectivity index (χ0n) is 17.7. The molecule has 8 heteroatoms. The number of nitrogens with zero attached hydrogens (tertiary/aromatic N) is 1. The summed E-state index contributed by atoms with van der Waals surface area (Å²) in [6.45, 7) is 7.62. The molecule has 7 nitrogen and oxygen atoms in total. The topological polar surface area (TPSA) is 95.6 Å². The third-order valence-corrected chi connectivity index (χ3v) is 6.86. The molecule has 2 rings (SSSR count). The predicted octanol–water partition coefficient (Wildman–Crippen LogP) is 2.45. The minimum absolute atomic E-state index is 0.0674. The van der Waals surface area contributed by atoms with E-state index in [2.05, 4.69) is 17.0 Å². The Balaban J connectivity index is 1.99. The Bertz CT molecular complexity index is 815. The lowest BCUT2D eigenvalue weighted by atomic mass is 9.95. The van der Waals surface area contributed by atoms with Gasteiger partial charge in [0.2, 0.25) is 15.9 Å². The lowest BCUT2D eigenvalue weighted by molar-refractivity contribution is -0.126. The average Bonchev–Trinajstić information content (AvgIpc) is 2.71. The van der Waals surface area contributed by atoms with E-state index in [1.165, 1.54) is 12.1 Å². The summed E-state index contributed by atoms with van der Waals surface area (Å²) in [5.41, 5.74) is 1.13. The van der Waals surface area contributed by atoms with Gasteiger partial charge in [-0.15, -0.1) is 0 Å². The van der Waals surface area contributed by atoms with Gasteiger partial charge in [-0.05, 0) is 43.9 Å². The van der Waals surface area contributed by atoms with Crippen molar-refractivity contribution in [2.45, 2.75) is 57.8 Å². The maximum absolute atomic E-state index is 13.0. The van der Waals surface area contributed by atoms with Crippen LogP contribution in [0, 0.1) is 12.8 Å². The van der Waals surface area contributed by atoms with Crippen LogP contribution in [0.5, 0.6) is 0 Å². The highest BCUT2D eigenvalue weighted by molar-refractivity contribution is 7.89. The van der Waals surface area contributed by atoms with Crippen LogP contribution >= 0.6 is 0 Å². The van der Waals surface area contributed by atoms with E-state index < -0.39 is 10.0 Å². The number of sulfonamides is 1. The summed E-state index contributed by atoms with van der Waals surface area (Å²) >= 11 is 0. The monoisotopic (exact) mass is 423 g/mol. The van der Waals surface area contributed by atoms with E-state index in [1.807, 2.05) is 0 Å². The Labute approximate surface area is 174 Å². The first-order valence-electron chi connectivity index (χ1n) is 10.5. The highest BCUT2D eigenvalue weighted by Crippen LogP contribution is 2.22. The van der Waals surface area contributed by atoms with Gasteiger partial charge in [-0.2, -0.15) is 0 Å². The van der Waals surface area contributed by atoms with Crippen molar-refractivity contribution in [2.24, 2.45) is 5.92 Å². The van der Waals surface area contributed by atoms with Gasteiger partial charge in [-0.3, -0.25) is 9.59 Å². The molecule has 0 atom stereocenters. The number of carbonyl (C=O) groups excluding carboxylic acids is 2. The van der Waals surface area contributed by atoms with Crippen LogP contribution in [0.3, 0.4) is 0 Å². The van der Waals surface area contributed by atoms with Gasteiger partial charge >= 0.3 is 0 Å². The third-order valence-electron chi connectivity index (χ3n) is 5.32. The number of rotatable bonds is 9. The molecule has 29 heavy (non-hydrogen) atoms. The Kier molecular flexibility index (Phi) is 8.64. The fraction of sp³-hybridized carbons (Fsp3) is 0.619. The highest BCUT2D eigenvalue weighted by Gasteiger charge is 2.28. The maximum Gasteiger partial charge on any atom is 0.254 e. The number of likely N-dealkylation sites (tertiary alicyclic amines) is 1. The van der Waals surface area contributed by atoms with Gasteiger partial charge in [-0.1, -0.05) is 32.8 Å². The number of aryl methyl sites for hydroxylation is 1. The first-order chi connectivity index (χ1) is 13.8. The molecule has 0 aliphatic carbocycles. The molecule has 162 valence electrons. The van der Waals surface area contributed by atoms with Crippen molar-refractivity contribution in [1.82, 2.24) is 14.9 Å². The summed E-state index contributed by atoms with van der Waals surface area (Å²) in [7, 11) is -3.62. The molecule has 0 radical (unpaired) electrons. The molecule has 0 unspecified atom stereocenters. The second-order valence-corrected chi connectivity index (χ2v) is 9.31. The van der Waals surface area contributed by atoms with E-state index >= 15 is 0 Å². The van der Waals surface area contributed by atoms with Crippen molar-refractivity contribution in [3.05, 3.63) is 29.3 Å². The Morgan fingerprint density at radius 3 is 2.45 bits per heavy atom. The summed E-state index contributed by atoms with van der Waals surface area (Å²) in [6, 6.07) is 4.62. The number of nitrogens with one attached hydrogen (secondary N) is 2. The van der Waals surface area contributed by atoms with Gasteiger partial charge in [0.05, 0.1) is 4.90 Å². The molecule has 0 aromatic heterocycles. The Morgan fingerprint density at radius 1 is 1.14 bits per heavy atom. The van der Waals surface area contributed by atoms with Gasteiger partial charge in [0, 0.05) is 37.7 Å². The fourth-order valence-corrected chi connectivity index (χ4v) is 4.58. The van der Waals surface area contributed by atoms with Crippen LogP contribution in [0.4, 0.5) is 0 Å². The van der Waals surface area contributed by atoms with E-state index in [4.69, 9.17) is 0 Å². The van der Waals surface area contributed by atoms with Gasteiger partial charge in [0.1, 0.15) is 0 Å². The molecule has 1 fully saturated rings. The predicted molar refractivity (Wildman–Crippen MR) is 113 cm³/mol. The molecule has 0 bridgehead atoms. The Hall–Kier alpha value is -1.93. The molecule has 1 aromatic rings. The normalized spacial score (nSPS) is 15.3. The van der Waals surface area contributed by atoms with Crippen molar-refractivity contribution in [3.63, 3.8) is 0 Å². The van der Waals surface area contributed by atoms with Crippen LogP contribution in [0.15, 0.2) is 23.1 Å². The van der Waals surface area contributed by atoms with Crippen LogP contribution in [0.1, 0.15) is 61.9 Å². The number of carbonyl (C=O) groups is 2. The number of hydrogen-bond acceptors (Lipinski definition) is 4. The van der Waals surface area contributed by atoms with Crippen molar-refractivity contribution >= 4 is 21.8 Å². The van der Waals surface area contributed by atoms with Gasteiger partial charge in [0.15, 0.2) is 0 Å². The van der Waals surface area contributed by atoms with Crippen LogP contribution in [0.25, 0.3) is 0 Å². The Morgan fingerprint density at radius 2 is 1.83 bits per heavy atom. The van der Waals surface area contributed by atoms with E-state index in [9.17, 15) is 18.0 Å². The molecule has 1 aliphatic rings. The van der Waals surface area contributed by atoms with Crippen molar-refractivity contribution < 1.29 is 18.0 Å². The van der Waals surface area contributed by atoms with Crippen LogP contribution < -0.4 is 10.0 Å². The average molecular weight is 424 g/mol. The van der Waals surface area contributed by atoms with Crippen molar-refractivity contribution in [1.29, 1.82) is 0 Å². The summed E-state index contributed by atoms with van der Waals surface area (Å²) in [5, 5.41) is 2.99. The number of amides is 2. The maximum atomic E-state index is 13.0. The molecule has 1 heterocycles. The van der Waals surface area contributed by atoms with E-state index in [-0.39, 0.29) is 29.2 Å². The largest absolute Gasteiger partial charge is 0.356 e. The third kappa shape index (κ3) is 6.27. The lowest BCUT2D eigenvalue weighted by Crippen LogP contribution is -2.43. The molecule has 2 N–H and O–H groups in total. The molecule has 1 aliphatic heterocycles.